The zero-order valence-corrected chi connectivity index (χ0v) is 12.8. The van der Waals surface area contributed by atoms with Crippen LogP contribution >= 0.6 is 0 Å². The third kappa shape index (κ3) is 5.61. The highest BCUT2D eigenvalue weighted by atomic mass is 32.2. The Balaban J connectivity index is 1.89. The molecule has 0 radical (unpaired) electrons. The molecule has 0 saturated heterocycles. The van der Waals surface area contributed by atoms with Gasteiger partial charge in [0.2, 0.25) is 13.1 Å². The summed E-state index contributed by atoms with van der Waals surface area (Å²) in [6, 6.07) is 7.90. The van der Waals surface area contributed by atoms with Gasteiger partial charge in [-0.05, 0) is 24.5 Å². The predicted molar refractivity (Wildman–Crippen MR) is 78.1 cm³/mol. The summed E-state index contributed by atoms with van der Waals surface area (Å²) in [5.41, 5.74) is 2.13. The summed E-state index contributed by atoms with van der Waals surface area (Å²) in [6.07, 6.45) is 8.28. The van der Waals surface area contributed by atoms with Crippen molar-refractivity contribution < 1.29 is 22.1 Å². The topological polar surface area (TPSA) is 62.1 Å². The van der Waals surface area contributed by atoms with Crippen LogP contribution in [0, 0.1) is 6.92 Å². The lowest BCUT2D eigenvalue weighted by molar-refractivity contribution is -0.778. The molecule has 0 amide bonds. The number of nitrogens with zero attached hydrogens (tertiary/aromatic N) is 2. The van der Waals surface area contributed by atoms with Gasteiger partial charge in [-0.25, -0.2) is 0 Å². The van der Waals surface area contributed by atoms with Gasteiger partial charge in [-0.15, -0.1) is 0 Å². The summed E-state index contributed by atoms with van der Waals surface area (Å²) in [4.78, 5) is 0. The van der Waals surface area contributed by atoms with E-state index in [-0.39, 0.29) is 5.75 Å². The van der Waals surface area contributed by atoms with Gasteiger partial charge in [0.25, 0.3) is 10.1 Å². The molecule has 1 N–H and O–H groups in total. The minimum Gasteiger partial charge on any atom is -0.286 e. The summed E-state index contributed by atoms with van der Waals surface area (Å²) >= 11 is 0. The first-order chi connectivity index (χ1) is 9.92. The van der Waals surface area contributed by atoms with Crippen molar-refractivity contribution in [3.05, 3.63) is 60.2 Å². The number of pyridine rings is 2. The average Bonchev–Trinajstić information content (AvgIpc) is 2.45. The minimum atomic E-state index is -3.89. The predicted octanol–water partition coefficient (Wildman–Crippen LogP) is 0.701. The maximum atomic E-state index is 10.7. The van der Waals surface area contributed by atoms with E-state index in [2.05, 4.69) is 36.0 Å². The van der Waals surface area contributed by atoms with E-state index < -0.39 is 10.1 Å². The van der Waals surface area contributed by atoms with Gasteiger partial charge in [-0.2, -0.15) is 17.6 Å². The van der Waals surface area contributed by atoms with Crippen molar-refractivity contribution in [2.75, 3.05) is 5.75 Å². The number of aryl methyl sites for hydroxylation is 4. The van der Waals surface area contributed by atoms with Crippen molar-refractivity contribution in [1.29, 1.82) is 0 Å². The minimum absolute atomic E-state index is 0.240. The van der Waals surface area contributed by atoms with Gasteiger partial charge in [-0.1, -0.05) is 0 Å². The van der Waals surface area contributed by atoms with E-state index in [1.807, 2.05) is 29.1 Å². The lowest BCUT2D eigenvalue weighted by Gasteiger charge is -1.99. The Hall–Kier alpha value is -1.79. The first-order valence-electron chi connectivity index (χ1n) is 6.81. The van der Waals surface area contributed by atoms with E-state index in [4.69, 9.17) is 4.55 Å². The molecular formula is C15H20N2O3S+2. The highest BCUT2D eigenvalue weighted by molar-refractivity contribution is 7.85. The maximum Gasteiger partial charge on any atom is 0.265 e. The Morgan fingerprint density at radius 3 is 1.90 bits per heavy atom. The maximum absolute atomic E-state index is 10.7. The van der Waals surface area contributed by atoms with Crippen molar-refractivity contribution in [2.45, 2.75) is 26.4 Å². The fourth-order valence-corrected chi connectivity index (χ4v) is 2.46. The summed E-state index contributed by atoms with van der Waals surface area (Å²) < 4.78 is 34.3. The van der Waals surface area contributed by atoms with Gasteiger partial charge in [0.05, 0.1) is 5.75 Å². The number of aromatic nitrogens is 2. The van der Waals surface area contributed by atoms with Crippen LogP contribution in [0.2, 0.25) is 0 Å². The van der Waals surface area contributed by atoms with Crippen molar-refractivity contribution in [3.8, 4) is 0 Å². The van der Waals surface area contributed by atoms with E-state index in [9.17, 15) is 8.42 Å². The summed E-state index contributed by atoms with van der Waals surface area (Å²) in [6.45, 7) is 3.77. The van der Waals surface area contributed by atoms with Crippen molar-refractivity contribution in [1.82, 2.24) is 0 Å². The number of hydrogen-bond acceptors (Lipinski definition) is 2. The molecule has 0 spiro atoms. The van der Waals surface area contributed by atoms with Crippen LogP contribution in [0.25, 0.3) is 0 Å². The standard InChI is InChI=1S/C15H19N2O3S/c1-14-2-7-16(8-3-14)11-12-17-9-4-15(5-10-17)6-13-21(18,19)20/h2-5,7-10H,6,11-13H2,1H3/q+1/p+1. The van der Waals surface area contributed by atoms with Crippen LogP contribution in [0.1, 0.15) is 11.1 Å². The molecule has 2 aromatic rings. The largest absolute Gasteiger partial charge is 0.286 e. The monoisotopic (exact) mass is 308 g/mol. The zero-order valence-electron chi connectivity index (χ0n) is 12.0. The zero-order chi connectivity index (χ0) is 15.3. The van der Waals surface area contributed by atoms with E-state index in [0.29, 0.717) is 6.42 Å². The Morgan fingerprint density at radius 1 is 0.952 bits per heavy atom. The molecule has 112 valence electrons. The smallest absolute Gasteiger partial charge is 0.265 e. The molecule has 0 atom stereocenters. The molecule has 0 aromatic carbocycles. The summed E-state index contributed by atoms with van der Waals surface area (Å²) in [7, 11) is -3.89. The molecular weight excluding hydrogens is 288 g/mol. The van der Waals surface area contributed by atoms with Gasteiger partial charge in [0, 0.05) is 24.3 Å². The summed E-state index contributed by atoms with van der Waals surface area (Å²) in [5.74, 6) is -0.240. The third-order valence-corrected chi connectivity index (χ3v) is 4.00. The van der Waals surface area contributed by atoms with Crippen LogP contribution in [-0.2, 0) is 29.6 Å². The van der Waals surface area contributed by atoms with Crippen molar-refractivity contribution in [3.63, 3.8) is 0 Å². The Morgan fingerprint density at radius 2 is 1.43 bits per heavy atom. The second kappa shape index (κ2) is 6.78. The van der Waals surface area contributed by atoms with Crippen molar-refractivity contribution >= 4 is 10.1 Å². The molecule has 0 bridgehead atoms. The Kier molecular flexibility index (Phi) is 5.03. The molecule has 2 heterocycles. The van der Waals surface area contributed by atoms with Crippen molar-refractivity contribution in [2.24, 2.45) is 0 Å². The van der Waals surface area contributed by atoms with Crippen LogP contribution in [-0.4, -0.2) is 18.7 Å². The Bertz CT molecular complexity index is 680. The molecule has 0 aliphatic rings. The van der Waals surface area contributed by atoms with E-state index >= 15 is 0 Å². The fourth-order valence-electron chi connectivity index (χ4n) is 1.96. The first kappa shape index (κ1) is 15.6. The van der Waals surface area contributed by atoms with Gasteiger partial charge in [0.1, 0.15) is 0 Å². The fraction of sp³-hybridized carbons (Fsp3) is 0.333. The second-order valence-corrected chi connectivity index (χ2v) is 6.67. The van der Waals surface area contributed by atoms with Crippen LogP contribution < -0.4 is 9.13 Å². The third-order valence-electron chi connectivity index (χ3n) is 3.28. The molecule has 21 heavy (non-hydrogen) atoms. The molecule has 0 saturated carbocycles. The van der Waals surface area contributed by atoms with Crippen LogP contribution in [0.15, 0.2) is 49.1 Å². The molecule has 0 fully saturated rings. The lowest BCUT2D eigenvalue weighted by Crippen LogP contribution is -2.43. The molecule has 5 nitrogen and oxygen atoms in total. The molecule has 0 aliphatic carbocycles. The van der Waals surface area contributed by atoms with Gasteiger partial charge >= 0.3 is 0 Å². The van der Waals surface area contributed by atoms with E-state index in [0.717, 1.165) is 18.7 Å². The molecule has 2 aromatic heterocycles. The summed E-state index contributed by atoms with van der Waals surface area (Å²) in [5, 5.41) is 0. The van der Waals surface area contributed by atoms with Crippen LogP contribution in [0.3, 0.4) is 0 Å². The Labute approximate surface area is 125 Å². The van der Waals surface area contributed by atoms with E-state index in [1.165, 1.54) is 5.56 Å². The molecule has 0 aliphatic heterocycles. The van der Waals surface area contributed by atoms with Gasteiger partial charge in [0.15, 0.2) is 24.8 Å². The number of rotatable bonds is 6. The van der Waals surface area contributed by atoms with Crippen LogP contribution in [0.5, 0.6) is 0 Å². The lowest BCUT2D eigenvalue weighted by atomic mass is 10.2. The van der Waals surface area contributed by atoms with Gasteiger partial charge in [-0.3, -0.25) is 4.55 Å². The molecule has 6 heteroatoms. The number of hydrogen-bond donors (Lipinski definition) is 1. The van der Waals surface area contributed by atoms with E-state index in [1.54, 1.807) is 0 Å². The quantitative estimate of drug-likeness (QED) is 0.631. The highest BCUT2D eigenvalue weighted by Gasteiger charge is 2.08. The average molecular weight is 308 g/mol. The SMILES string of the molecule is Cc1cc[n+](CC[n+]2ccc(CCS(=O)(=O)O)cc2)cc1. The highest BCUT2D eigenvalue weighted by Crippen LogP contribution is 1.99. The second-order valence-electron chi connectivity index (χ2n) is 5.09. The molecule has 0 unspecified atom stereocenters. The first-order valence-corrected chi connectivity index (χ1v) is 8.42. The normalized spacial score (nSPS) is 11.5. The van der Waals surface area contributed by atoms with Gasteiger partial charge < -0.3 is 0 Å². The molecule has 2 rings (SSSR count). The van der Waals surface area contributed by atoms with Crippen LogP contribution in [0.4, 0.5) is 0 Å².